The molecule has 0 atom stereocenters. The van der Waals surface area contributed by atoms with Crippen molar-refractivity contribution in [3.05, 3.63) is 59.0 Å². The summed E-state index contributed by atoms with van der Waals surface area (Å²) in [5.74, 6) is 0.0704. The number of halogens is 1. The van der Waals surface area contributed by atoms with Crippen molar-refractivity contribution >= 4 is 28.8 Å². The van der Waals surface area contributed by atoms with Gasteiger partial charge in [0, 0.05) is 59.6 Å². The average molecular weight is 390 g/mol. The van der Waals surface area contributed by atoms with Crippen LogP contribution in [-0.4, -0.2) is 55.0 Å². The molecule has 26 heavy (non-hydrogen) atoms. The Balaban J connectivity index is 1.49. The molecule has 2 heterocycles. The third kappa shape index (κ3) is 5.17. The van der Waals surface area contributed by atoms with E-state index in [1.54, 1.807) is 17.4 Å². The first-order valence-electron chi connectivity index (χ1n) is 8.81. The van der Waals surface area contributed by atoms with Gasteiger partial charge < -0.3 is 5.32 Å². The van der Waals surface area contributed by atoms with Crippen molar-refractivity contribution in [3.8, 4) is 10.4 Å². The predicted molar refractivity (Wildman–Crippen MR) is 110 cm³/mol. The molecule has 4 nitrogen and oxygen atoms in total. The van der Waals surface area contributed by atoms with Gasteiger partial charge in [0.25, 0.3) is 0 Å². The van der Waals surface area contributed by atoms with E-state index in [0.717, 1.165) is 43.3 Å². The molecule has 0 saturated carbocycles. The van der Waals surface area contributed by atoms with Gasteiger partial charge in [-0.2, -0.15) is 0 Å². The Hall–Kier alpha value is -1.66. The van der Waals surface area contributed by atoms with Crippen LogP contribution in [0.2, 0.25) is 5.02 Å². The van der Waals surface area contributed by atoms with Crippen LogP contribution in [0.25, 0.3) is 10.4 Å². The largest absolute Gasteiger partial charge is 0.352 e. The summed E-state index contributed by atoms with van der Waals surface area (Å²) in [5, 5.41) is 3.63. The minimum Gasteiger partial charge on any atom is -0.352 e. The van der Waals surface area contributed by atoms with Gasteiger partial charge in [-0.1, -0.05) is 35.9 Å². The molecular weight excluding hydrogens is 366 g/mol. The molecule has 0 unspecified atom stereocenters. The molecule has 1 amide bonds. The summed E-state index contributed by atoms with van der Waals surface area (Å²) in [6.07, 6.45) is 1.70. The average Bonchev–Trinajstić information content (AvgIpc) is 3.10. The highest BCUT2D eigenvalue weighted by Gasteiger charge is 2.19. The Morgan fingerprint density at radius 1 is 1.15 bits per heavy atom. The Labute approximate surface area is 164 Å². The third-order valence-corrected chi connectivity index (χ3v) is 5.89. The van der Waals surface area contributed by atoms with Gasteiger partial charge in [-0.3, -0.25) is 14.6 Å². The van der Waals surface area contributed by atoms with E-state index in [-0.39, 0.29) is 5.91 Å². The molecule has 6 heteroatoms. The summed E-state index contributed by atoms with van der Waals surface area (Å²) in [5.41, 5.74) is 1.10. The zero-order valence-corrected chi connectivity index (χ0v) is 16.4. The number of carbonyl (C=O) groups excluding carboxylic acids is 1. The number of carbonyl (C=O) groups is 1. The van der Waals surface area contributed by atoms with Gasteiger partial charge in [-0.05, 0) is 18.2 Å². The van der Waals surface area contributed by atoms with E-state index < -0.39 is 0 Å². The van der Waals surface area contributed by atoms with Crippen LogP contribution in [-0.2, 0) is 11.3 Å². The van der Waals surface area contributed by atoms with Crippen LogP contribution in [0.15, 0.2) is 49.1 Å². The molecule has 1 N–H and O–H groups in total. The van der Waals surface area contributed by atoms with Crippen LogP contribution in [0.1, 0.15) is 4.88 Å². The first-order chi connectivity index (χ1) is 12.7. The van der Waals surface area contributed by atoms with Gasteiger partial charge in [-0.15, -0.1) is 17.9 Å². The third-order valence-electron chi connectivity index (χ3n) is 4.46. The summed E-state index contributed by atoms with van der Waals surface area (Å²) < 4.78 is 0. The fourth-order valence-corrected chi connectivity index (χ4v) is 4.42. The molecule has 0 bridgehead atoms. The van der Waals surface area contributed by atoms with Gasteiger partial charge in [-0.25, -0.2) is 0 Å². The lowest BCUT2D eigenvalue weighted by atomic mass is 10.2. The smallest absolute Gasteiger partial charge is 0.234 e. The maximum atomic E-state index is 11.8. The molecule has 1 saturated heterocycles. The fraction of sp³-hybridized carbons (Fsp3) is 0.350. The molecule has 0 aliphatic carbocycles. The van der Waals surface area contributed by atoms with Crippen LogP contribution < -0.4 is 5.32 Å². The lowest BCUT2D eigenvalue weighted by Crippen LogP contribution is -2.49. The molecule has 0 radical (unpaired) electrons. The number of nitrogens with one attached hydrogen (secondary N) is 1. The normalized spacial score (nSPS) is 15.7. The van der Waals surface area contributed by atoms with Crippen LogP contribution in [0, 0.1) is 0 Å². The van der Waals surface area contributed by atoms with Crippen LogP contribution in [0.4, 0.5) is 0 Å². The zero-order valence-electron chi connectivity index (χ0n) is 14.8. The van der Waals surface area contributed by atoms with Crippen molar-refractivity contribution in [1.29, 1.82) is 0 Å². The van der Waals surface area contributed by atoms with E-state index in [9.17, 15) is 4.79 Å². The molecular formula is C20H24ClN3OS. The van der Waals surface area contributed by atoms with Crippen LogP contribution in [0.3, 0.4) is 0 Å². The van der Waals surface area contributed by atoms with E-state index in [4.69, 9.17) is 11.6 Å². The highest BCUT2D eigenvalue weighted by atomic mass is 35.5. The summed E-state index contributed by atoms with van der Waals surface area (Å²) in [7, 11) is 0. The quantitative estimate of drug-likeness (QED) is 0.736. The topological polar surface area (TPSA) is 35.6 Å². The van der Waals surface area contributed by atoms with E-state index in [1.807, 2.05) is 18.2 Å². The molecule has 1 fully saturated rings. The van der Waals surface area contributed by atoms with E-state index >= 15 is 0 Å². The first-order valence-corrected chi connectivity index (χ1v) is 10.0. The van der Waals surface area contributed by atoms with E-state index in [0.29, 0.717) is 13.1 Å². The Kier molecular flexibility index (Phi) is 6.86. The van der Waals surface area contributed by atoms with Gasteiger partial charge in [0.15, 0.2) is 0 Å². The second kappa shape index (κ2) is 9.33. The van der Waals surface area contributed by atoms with E-state index in [1.165, 1.54) is 9.75 Å². The van der Waals surface area contributed by atoms with Crippen molar-refractivity contribution in [2.75, 3.05) is 39.3 Å². The second-order valence-electron chi connectivity index (χ2n) is 6.39. The summed E-state index contributed by atoms with van der Waals surface area (Å²) >= 11 is 8.10. The van der Waals surface area contributed by atoms with Crippen LogP contribution >= 0.6 is 22.9 Å². The monoisotopic (exact) mass is 389 g/mol. The number of benzene rings is 1. The fourth-order valence-electron chi connectivity index (χ4n) is 3.04. The molecule has 1 aliphatic rings. The van der Waals surface area contributed by atoms with Crippen molar-refractivity contribution in [1.82, 2.24) is 15.1 Å². The van der Waals surface area contributed by atoms with Crippen molar-refractivity contribution in [3.63, 3.8) is 0 Å². The second-order valence-corrected chi connectivity index (χ2v) is 7.97. The Morgan fingerprint density at radius 3 is 2.62 bits per heavy atom. The van der Waals surface area contributed by atoms with Crippen molar-refractivity contribution in [2.45, 2.75) is 6.54 Å². The Bertz CT molecular complexity index is 753. The summed E-state index contributed by atoms with van der Waals surface area (Å²) in [4.78, 5) is 19.0. The first kappa shape index (κ1) is 19.1. The molecule has 0 spiro atoms. The number of piperazine rings is 1. The standard InChI is InChI=1S/C20H24ClN3OS/c1-2-9-22-20(25)15-24-12-10-23(11-13-24)14-16-7-8-19(26-16)17-5-3-4-6-18(17)21/h2-8H,1,9-15H2,(H,22,25). The number of hydrogen-bond donors (Lipinski definition) is 1. The highest BCUT2D eigenvalue weighted by Crippen LogP contribution is 2.33. The van der Waals surface area contributed by atoms with E-state index in [2.05, 4.69) is 39.9 Å². The maximum absolute atomic E-state index is 11.8. The van der Waals surface area contributed by atoms with Gasteiger partial charge >= 0.3 is 0 Å². The van der Waals surface area contributed by atoms with Crippen LogP contribution in [0.5, 0.6) is 0 Å². The summed E-state index contributed by atoms with van der Waals surface area (Å²) in [6.45, 7) is 9.37. The number of rotatable bonds is 7. The lowest BCUT2D eigenvalue weighted by Gasteiger charge is -2.34. The number of nitrogens with zero attached hydrogens (tertiary/aromatic N) is 2. The minimum atomic E-state index is 0.0704. The zero-order chi connectivity index (χ0) is 18.4. The number of hydrogen-bond acceptors (Lipinski definition) is 4. The molecule has 1 aliphatic heterocycles. The van der Waals surface area contributed by atoms with Gasteiger partial charge in [0.2, 0.25) is 5.91 Å². The molecule has 1 aromatic heterocycles. The number of thiophene rings is 1. The highest BCUT2D eigenvalue weighted by molar-refractivity contribution is 7.15. The Morgan fingerprint density at radius 2 is 1.88 bits per heavy atom. The summed E-state index contributed by atoms with van der Waals surface area (Å²) in [6, 6.07) is 12.3. The minimum absolute atomic E-state index is 0.0704. The predicted octanol–water partition coefficient (Wildman–Crippen LogP) is 3.49. The maximum Gasteiger partial charge on any atom is 0.234 e. The van der Waals surface area contributed by atoms with Crippen molar-refractivity contribution < 1.29 is 4.79 Å². The van der Waals surface area contributed by atoms with Crippen molar-refractivity contribution in [2.24, 2.45) is 0 Å². The van der Waals surface area contributed by atoms with Gasteiger partial charge in [0.1, 0.15) is 0 Å². The van der Waals surface area contributed by atoms with Gasteiger partial charge in [0.05, 0.1) is 6.54 Å². The molecule has 1 aromatic carbocycles. The SMILES string of the molecule is C=CCNC(=O)CN1CCN(Cc2ccc(-c3ccccc3Cl)s2)CC1. The number of amides is 1. The molecule has 3 rings (SSSR count). The molecule has 2 aromatic rings. The lowest BCUT2D eigenvalue weighted by molar-refractivity contribution is -0.122. The molecule has 138 valence electrons.